The fraction of sp³-hybridized carbons (Fsp3) is 0.351. The van der Waals surface area contributed by atoms with Crippen LogP contribution in [0.3, 0.4) is 0 Å². The number of hydrogen-bond acceptors (Lipinski definition) is 3. The molecular formula is C37H44N2O2. The summed E-state index contributed by atoms with van der Waals surface area (Å²) >= 11 is 0. The highest BCUT2D eigenvalue weighted by Gasteiger charge is 2.34. The van der Waals surface area contributed by atoms with Gasteiger partial charge in [0.1, 0.15) is 0 Å². The van der Waals surface area contributed by atoms with Crippen molar-refractivity contribution in [1.82, 2.24) is 4.98 Å². The number of aryl methyl sites for hydroxylation is 3. The molecule has 41 heavy (non-hydrogen) atoms. The van der Waals surface area contributed by atoms with Crippen LogP contribution in [-0.2, 0) is 24.1 Å². The van der Waals surface area contributed by atoms with E-state index in [1.54, 1.807) is 0 Å². The van der Waals surface area contributed by atoms with E-state index in [1.165, 1.54) is 29.5 Å². The quantitative estimate of drug-likeness (QED) is 0.145. The summed E-state index contributed by atoms with van der Waals surface area (Å²) in [5.74, 6) is -0.704. The second-order valence-electron chi connectivity index (χ2n) is 11.1. The monoisotopic (exact) mass is 548 g/mol. The van der Waals surface area contributed by atoms with E-state index >= 15 is 0 Å². The normalized spacial score (nSPS) is 11.8. The topological polar surface area (TPSA) is 62.2 Å². The number of aromatic nitrogens is 1. The molecule has 3 aromatic carbocycles. The zero-order chi connectivity index (χ0) is 29.1. The number of carboxylic acid groups (broad SMARTS) is 1. The van der Waals surface area contributed by atoms with E-state index in [-0.39, 0.29) is 0 Å². The fourth-order valence-electron chi connectivity index (χ4n) is 5.42. The maximum atomic E-state index is 11.8. The molecule has 0 spiro atoms. The summed E-state index contributed by atoms with van der Waals surface area (Å²) in [5, 5.41) is 14.3. The van der Waals surface area contributed by atoms with Crippen LogP contribution in [0.15, 0.2) is 78.9 Å². The largest absolute Gasteiger partial charge is 0.481 e. The van der Waals surface area contributed by atoms with Gasteiger partial charge in [-0.05, 0) is 104 Å². The number of nitrogens with one attached hydrogen (secondary N) is 1. The number of nitrogens with zero attached hydrogens (tertiary/aromatic N) is 1. The van der Waals surface area contributed by atoms with Gasteiger partial charge in [0.25, 0.3) is 0 Å². The number of pyridine rings is 1. The Kier molecular flexibility index (Phi) is 10.7. The van der Waals surface area contributed by atoms with Crippen LogP contribution in [0.1, 0.15) is 80.8 Å². The van der Waals surface area contributed by atoms with Crippen LogP contribution in [0.25, 0.3) is 23.1 Å². The molecule has 0 aliphatic carbocycles. The molecule has 0 saturated carbocycles. The van der Waals surface area contributed by atoms with Crippen LogP contribution in [0.2, 0.25) is 0 Å². The predicted octanol–water partition coefficient (Wildman–Crippen LogP) is 9.23. The first-order valence-electron chi connectivity index (χ1n) is 15.2. The minimum atomic E-state index is -0.704. The highest BCUT2D eigenvalue weighted by atomic mass is 16.4. The molecule has 4 rings (SSSR count). The third kappa shape index (κ3) is 8.29. The van der Waals surface area contributed by atoms with Crippen molar-refractivity contribution in [3.63, 3.8) is 0 Å². The van der Waals surface area contributed by atoms with Crippen molar-refractivity contribution < 1.29 is 9.90 Å². The van der Waals surface area contributed by atoms with Gasteiger partial charge in [0.05, 0.1) is 16.6 Å². The Bertz CT molecular complexity index is 1450. The molecule has 0 aliphatic rings. The van der Waals surface area contributed by atoms with Gasteiger partial charge in [-0.2, -0.15) is 0 Å². The minimum Gasteiger partial charge on any atom is -0.481 e. The van der Waals surface area contributed by atoms with E-state index in [1.807, 2.05) is 26.0 Å². The van der Waals surface area contributed by atoms with Crippen molar-refractivity contribution in [2.45, 2.75) is 72.1 Å². The van der Waals surface area contributed by atoms with E-state index in [2.05, 4.69) is 91.1 Å². The molecule has 0 bridgehead atoms. The van der Waals surface area contributed by atoms with Gasteiger partial charge < -0.3 is 10.4 Å². The van der Waals surface area contributed by atoms with Crippen LogP contribution in [0.4, 0.5) is 5.69 Å². The summed E-state index contributed by atoms with van der Waals surface area (Å²) < 4.78 is 0. The summed E-state index contributed by atoms with van der Waals surface area (Å²) in [4.78, 5) is 16.7. The summed E-state index contributed by atoms with van der Waals surface area (Å²) in [7, 11) is 0. The third-order valence-electron chi connectivity index (χ3n) is 8.46. The Labute approximate surface area is 245 Å². The number of fused-ring (bicyclic) bond motifs is 1. The highest BCUT2D eigenvalue weighted by Crippen LogP contribution is 2.31. The van der Waals surface area contributed by atoms with Gasteiger partial charge in [-0.1, -0.05) is 81.4 Å². The second kappa shape index (κ2) is 14.6. The zero-order valence-corrected chi connectivity index (χ0v) is 24.8. The smallest absolute Gasteiger partial charge is 0.309 e. The van der Waals surface area contributed by atoms with Gasteiger partial charge in [0, 0.05) is 17.6 Å². The summed E-state index contributed by atoms with van der Waals surface area (Å²) in [5.41, 5.74) is 7.53. The number of anilines is 1. The van der Waals surface area contributed by atoms with Gasteiger partial charge in [0.15, 0.2) is 0 Å². The van der Waals surface area contributed by atoms with Gasteiger partial charge >= 0.3 is 5.97 Å². The van der Waals surface area contributed by atoms with Crippen LogP contribution in [-0.4, -0.2) is 22.6 Å². The molecule has 0 unspecified atom stereocenters. The molecule has 0 radical (unpaired) electrons. The van der Waals surface area contributed by atoms with Gasteiger partial charge in [-0.25, -0.2) is 4.98 Å². The van der Waals surface area contributed by atoms with E-state index in [0.29, 0.717) is 25.8 Å². The molecule has 214 valence electrons. The zero-order valence-electron chi connectivity index (χ0n) is 24.8. The standard InChI is InChI=1S/C37H44N2O2/c1-4-28-14-16-29(17-15-28)10-7-8-11-31-18-20-32-21-23-33(39-35(32)27-31)22-19-30-12-9-13-34(26-30)38-25-24-37(5-2,6-3)36(40)41/h9,12-23,26-27,38H,4-8,10-11,24-25H2,1-3H3,(H,40,41). The number of hydrogen-bond donors (Lipinski definition) is 2. The molecule has 0 amide bonds. The van der Waals surface area contributed by atoms with E-state index in [0.717, 1.165) is 47.1 Å². The first-order valence-corrected chi connectivity index (χ1v) is 15.2. The number of carbonyl (C=O) groups is 1. The fourth-order valence-corrected chi connectivity index (χ4v) is 5.42. The van der Waals surface area contributed by atoms with Gasteiger partial charge in [-0.3, -0.25) is 4.79 Å². The van der Waals surface area contributed by atoms with Crippen LogP contribution >= 0.6 is 0 Å². The maximum absolute atomic E-state index is 11.8. The molecule has 0 fully saturated rings. The molecule has 4 nitrogen and oxygen atoms in total. The number of carboxylic acids is 1. The lowest BCUT2D eigenvalue weighted by Gasteiger charge is -2.26. The van der Waals surface area contributed by atoms with Crippen molar-refractivity contribution in [3.05, 3.63) is 107 Å². The number of benzene rings is 3. The molecule has 1 heterocycles. The molecule has 4 heteroatoms. The van der Waals surface area contributed by atoms with Crippen LogP contribution in [0.5, 0.6) is 0 Å². The van der Waals surface area contributed by atoms with Gasteiger partial charge in [-0.15, -0.1) is 0 Å². The average molecular weight is 549 g/mol. The second-order valence-corrected chi connectivity index (χ2v) is 11.1. The van der Waals surface area contributed by atoms with Crippen molar-refractivity contribution in [1.29, 1.82) is 0 Å². The van der Waals surface area contributed by atoms with Crippen LogP contribution < -0.4 is 5.32 Å². The number of unbranched alkanes of at least 4 members (excludes halogenated alkanes) is 1. The Morgan fingerprint density at radius 2 is 1.51 bits per heavy atom. The first-order chi connectivity index (χ1) is 19.9. The average Bonchev–Trinajstić information content (AvgIpc) is 3.00. The highest BCUT2D eigenvalue weighted by molar-refractivity contribution is 5.81. The Morgan fingerprint density at radius 1 is 0.829 bits per heavy atom. The van der Waals surface area contributed by atoms with E-state index in [9.17, 15) is 9.90 Å². The molecule has 0 aliphatic heterocycles. The van der Waals surface area contributed by atoms with Gasteiger partial charge in [0.2, 0.25) is 0 Å². The lowest BCUT2D eigenvalue weighted by atomic mass is 9.79. The SMILES string of the molecule is CCc1ccc(CCCCc2ccc3ccc(C=Cc4cccc(NCCC(CC)(CC)C(=O)O)c4)nc3c2)cc1. The van der Waals surface area contributed by atoms with Crippen LogP contribution in [0, 0.1) is 5.41 Å². The molecule has 2 N–H and O–H groups in total. The summed E-state index contributed by atoms with van der Waals surface area (Å²) in [6.45, 7) is 6.74. The Balaban J connectivity index is 1.33. The number of aliphatic carboxylic acids is 1. The minimum absolute atomic E-state index is 0.602. The van der Waals surface area contributed by atoms with Crippen molar-refractivity contribution in [3.8, 4) is 0 Å². The van der Waals surface area contributed by atoms with Crippen molar-refractivity contribution >= 4 is 34.7 Å². The van der Waals surface area contributed by atoms with Crippen molar-refractivity contribution in [2.24, 2.45) is 5.41 Å². The molecule has 4 aromatic rings. The predicted molar refractivity (Wildman–Crippen MR) is 173 cm³/mol. The molecule has 1 aromatic heterocycles. The number of rotatable bonds is 15. The van der Waals surface area contributed by atoms with Crippen molar-refractivity contribution in [2.75, 3.05) is 11.9 Å². The third-order valence-corrected chi connectivity index (χ3v) is 8.46. The van der Waals surface area contributed by atoms with E-state index < -0.39 is 11.4 Å². The molecule has 0 saturated heterocycles. The lowest BCUT2D eigenvalue weighted by molar-refractivity contribution is -0.149. The lowest BCUT2D eigenvalue weighted by Crippen LogP contribution is -2.31. The first kappa shape index (κ1) is 30.0. The summed E-state index contributed by atoms with van der Waals surface area (Å²) in [6, 6.07) is 28.1. The Morgan fingerprint density at radius 3 is 2.22 bits per heavy atom. The summed E-state index contributed by atoms with van der Waals surface area (Å²) in [6.07, 6.45) is 11.6. The molecular weight excluding hydrogens is 504 g/mol. The maximum Gasteiger partial charge on any atom is 0.309 e. The molecule has 0 atom stereocenters. The van der Waals surface area contributed by atoms with E-state index in [4.69, 9.17) is 4.98 Å². The Hall–Kier alpha value is -3.92.